The zero-order chi connectivity index (χ0) is 12.7. The van der Waals surface area contributed by atoms with Crippen molar-refractivity contribution in [2.45, 2.75) is 0 Å². The van der Waals surface area contributed by atoms with Gasteiger partial charge in [-0.3, -0.25) is 0 Å². The summed E-state index contributed by atoms with van der Waals surface area (Å²) < 4.78 is 5.87. The Morgan fingerprint density at radius 2 is 2.18 bits per heavy atom. The number of aromatic carboxylic acids is 1. The van der Waals surface area contributed by atoms with Gasteiger partial charge in [0.1, 0.15) is 0 Å². The van der Waals surface area contributed by atoms with Crippen molar-refractivity contribution >= 4 is 27.6 Å². The first-order valence-electron chi connectivity index (χ1n) is 5.10. The number of hydrogen-bond donors (Lipinski definition) is 3. The normalized spacial score (nSPS) is 10.2. The summed E-state index contributed by atoms with van der Waals surface area (Å²) >= 11 is 3.28. The van der Waals surface area contributed by atoms with Crippen LogP contribution in [0.1, 0.15) is 10.4 Å². The topological polar surface area (TPSA) is 78.8 Å². The first-order valence-corrected chi connectivity index (χ1v) is 5.89. The highest BCUT2D eigenvalue weighted by Crippen LogP contribution is 2.21. The summed E-state index contributed by atoms with van der Waals surface area (Å²) in [5, 5.41) is 20.5. The average Bonchev–Trinajstić information content (AvgIpc) is 2.28. The Balaban J connectivity index is 2.56. The second-order valence-electron chi connectivity index (χ2n) is 3.26. The number of aliphatic hydroxyl groups excluding tert-OH is 1. The van der Waals surface area contributed by atoms with Gasteiger partial charge in [0.05, 0.1) is 25.4 Å². The summed E-state index contributed by atoms with van der Waals surface area (Å²) in [6, 6.07) is 4.91. The van der Waals surface area contributed by atoms with E-state index in [1.54, 1.807) is 12.1 Å². The lowest BCUT2D eigenvalue weighted by atomic mass is 10.2. The number of hydrogen-bond acceptors (Lipinski definition) is 4. The molecule has 17 heavy (non-hydrogen) atoms. The van der Waals surface area contributed by atoms with E-state index in [0.29, 0.717) is 18.8 Å². The van der Waals surface area contributed by atoms with Crippen LogP contribution in [0.3, 0.4) is 0 Å². The molecule has 1 rings (SSSR count). The molecular weight excluding hydrogens is 290 g/mol. The van der Waals surface area contributed by atoms with Gasteiger partial charge in [0, 0.05) is 16.7 Å². The Labute approximate surface area is 108 Å². The lowest BCUT2D eigenvalue weighted by Gasteiger charge is -2.10. The summed E-state index contributed by atoms with van der Waals surface area (Å²) in [7, 11) is 0. The van der Waals surface area contributed by atoms with Gasteiger partial charge in [-0.1, -0.05) is 15.9 Å². The lowest BCUT2D eigenvalue weighted by Crippen LogP contribution is -2.13. The molecule has 0 atom stereocenters. The largest absolute Gasteiger partial charge is 0.478 e. The van der Waals surface area contributed by atoms with Crippen molar-refractivity contribution in [3.8, 4) is 0 Å². The van der Waals surface area contributed by atoms with Crippen LogP contribution in [0.15, 0.2) is 22.7 Å². The van der Waals surface area contributed by atoms with Crippen molar-refractivity contribution in [1.29, 1.82) is 0 Å². The molecule has 5 nitrogen and oxygen atoms in total. The number of aliphatic hydroxyl groups is 1. The van der Waals surface area contributed by atoms with Gasteiger partial charge in [0.2, 0.25) is 0 Å². The van der Waals surface area contributed by atoms with E-state index in [0.717, 1.165) is 4.47 Å². The predicted molar refractivity (Wildman–Crippen MR) is 67.5 cm³/mol. The van der Waals surface area contributed by atoms with Gasteiger partial charge in [-0.25, -0.2) is 4.79 Å². The number of anilines is 1. The fourth-order valence-corrected chi connectivity index (χ4v) is 1.63. The minimum absolute atomic E-state index is 0.0166. The highest BCUT2D eigenvalue weighted by Gasteiger charge is 2.09. The van der Waals surface area contributed by atoms with Gasteiger partial charge < -0.3 is 20.3 Å². The first-order chi connectivity index (χ1) is 8.15. The molecule has 1 aromatic rings. The molecule has 3 N–H and O–H groups in total. The van der Waals surface area contributed by atoms with Crippen molar-refractivity contribution in [1.82, 2.24) is 0 Å². The fraction of sp³-hybridized carbons (Fsp3) is 0.364. The Kier molecular flexibility index (Phi) is 5.96. The molecular formula is C11H14BrNO4. The maximum absolute atomic E-state index is 10.9. The molecule has 1 aromatic carbocycles. The average molecular weight is 304 g/mol. The molecule has 0 heterocycles. The van der Waals surface area contributed by atoms with Crippen molar-refractivity contribution in [3.05, 3.63) is 28.2 Å². The maximum Gasteiger partial charge on any atom is 0.337 e. The van der Waals surface area contributed by atoms with Gasteiger partial charge in [-0.2, -0.15) is 0 Å². The van der Waals surface area contributed by atoms with Crippen LogP contribution in [0.25, 0.3) is 0 Å². The summed E-state index contributed by atoms with van der Waals surface area (Å²) in [6.07, 6.45) is 0. The number of benzene rings is 1. The second-order valence-corrected chi connectivity index (χ2v) is 4.17. The Morgan fingerprint density at radius 1 is 1.41 bits per heavy atom. The van der Waals surface area contributed by atoms with E-state index in [2.05, 4.69) is 21.2 Å². The maximum atomic E-state index is 10.9. The van der Waals surface area contributed by atoms with Crippen LogP contribution in [0.4, 0.5) is 5.69 Å². The summed E-state index contributed by atoms with van der Waals surface area (Å²) in [5.74, 6) is -0.976. The number of rotatable bonds is 7. The first kappa shape index (κ1) is 14.0. The van der Waals surface area contributed by atoms with E-state index in [9.17, 15) is 4.79 Å². The highest BCUT2D eigenvalue weighted by molar-refractivity contribution is 9.10. The minimum Gasteiger partial charge on any atom is -0.478 e. The van der Waals surface area contributed by atoms with Gasteiger partial charge >= 0.3 is 5.97 Å². The van der Waals surface area contributed by atoms with Crippen molar-refractivity contribution in [2.75, 3.05) is 31.7 Å². The van der Waals surface area contributed by atoms with Gasteiger partial charge in [-0.15, -0.1) is 0 Å². The minimum atomic E-state index is -0.976. The molecule has 0 fully saturated rings. The molecule has 0 amide bonds. The van der Waals surface area contributed by atoms with Crippen LogP contribution in [-0.4, -0.2) is 42.5 Å². The van der Waals surface area contributed by atoms with Gasteiger partial charge in [0.15, 0.2) is 0 Å². The van der Waals surface area contributed by atoms with Crippen molar-refractivity contribution in [2.24, 2.45) is 0 Å². The highest BCUT2D eigenvalue weighted by atomic mass is 79.9. The quantitative estimate of drug-likeness (QED) is 0.666. The monoisotopic (exact) mass is 303 g/mol. The van der Waals surface area contributed by atoms with E-state index in [4.69, 9.17) is 14.9 Å². The third-order valence-electron chi connectivity index (χ3n) is 2.01. The molecule has 0 aliphatic heterocycles. The van der Waals surface area contributed by atoms with Gasteiger partial charge in [0.25, 0.3) is 0 Å². The van der Waals surface area contributed by atoms with Crippen LogP contribution in [0, 0.1) is 0 Å². The molecule has 0 spiro atoms. The number of nitrogens with one attached hydrogen (secondary N) is 1. The molecule has 0 saturated heterocycles. The van der Waals surface area contributed by atoms with E-state index < -0.39 is 5.97 Å². The molecule has 6 heteroatoms. The predicted octanol–water partition coefficient (Wildman–Crippen LogP) is 1.57. The van der Waals surface area contributed by atoms with E-state index >= 15 is 0 Å². The molecule has 94 valence electrons. The molecule has 0 aromatic heterocycles. The van der Waals surface area contributed by atoms with Gasteiger partial charge in [-0.05, 0) is 18.2 Å². The molecule has 0 aliphatic rings. The lowest BCUT2D eigenvalue weighted by molar-refractivity contribution is 0.0697. The van der Waals surface area contributed by atoms with Crippen LogP contribution >= 0.6 is 15.9 Å². The third-order valence-corrected chi connectivity index (χ3v) is 2.50. The molecule has 0 aliphatic carbocycles. The standard InChI is InChI=1S/C11H14BrNO4/c12-8-1-2-9(11(15)16)10(7-8)13-3-5-17-6-4-14/h1-2,7,13-14H,3-6H2,(H,15,16). The Hall–Kier alpha value is -1.11. The Morgan fingerprint density at radius 3 is 2.82 bits per heavy atom. The number of carboxylic acids is 1. The van der Waals surface area contributed by atoms with E-state index in [1.807, 2.05) is 0 Å². The zero-order valence-corrected chi connectivity index (χ0v) is 10.7. The molecule has 0 radical (unpaired) electrons. The van der Waals surface area contributed by atoms with E-state index in [1.165, 1.54) is 6.07 Å². The van der Waals surface area contributed by atoms with Crippen molar-refractivity contribution in [3.63, 3.8) is 0 Å². The second kappa shape index (κ2) is 7.26. The summed E-state index contributed by atoms with van der Waals surface area (Å²) in [4.78, 5) is 10.9. The van der Waals surface area contributed by atoms with Crippen LogP contribution < -0.4 is 5.32 Å². The Bertz CT molecular complexity index is 384. The molecule has 0 saturated carbocycles. The smallest absolute Gasteiger partial charge is 0.337 e. The van der Waals surface area contributed by atoms with Crippen LogP contribution in [-0.2, 0) is 4.74 Å². The summed E-state index contributed by atoms with van der Waals surface area (Å²) in [6.45, 7) is 1.16. The zero-order valence-electron chi connectivity index (χ0n) is 9.15. The number of carbonyl (C=O) groups is 1. The number of halogens is 1. The molecule has 0 bridgehead atoms. The third kappa shape index (κ3) is 4.72. The SMILES string of the molecule is O=C(O)c1ccc(Br)cc1NCCOCCO. The summed E-state index contributed by atoms with van der Waals surface area (Å²) in [5.41, 5.74) is 0.759. The van der Waals surface area contributed by atoms with Crippen LogP contribution in [0.2, 0.25) is 0 Å². The van der Waals surface area contributed by atoms with Crippen LogP contribution in [0.5, 0.6) is 0 Å². The molecule has 0 unspecified atom stereocenters. The van der Waals surface area contributed by atoms with E-state index in [-0.39, 0.29) is 18.8 Å². The number of carboxylic acid groups (broad SMARTS) is 1. The fourth-order valence-electron chi connectivity index (χ4n) is 1.27. The van der Waals surface area contributed by atoms with Crippen molar-refractivity contribution < 1.29 is 19.7 Å². The number of ether oxygens (including phenoxy) is 1.